The Hall–Kier alpha value is -2.48. The molecule has 0 saturated heterocycles. The van der Waals surface area contributed by atoms with Gasteiger partial charge < -0.3 is 0 Å². The number of aliphatic imine (C=N–C) groups is 1. The van der Waals surface area contributed by atoms with Gasteiger partial charge in [-0.05, 0) is 56.2 Å². The Morgan fingerprint density at radius 2 is 1.71 bits per heavy atom. The number of fused-ring (bicyclic) bond motifs is 1. The van der Waals surface area contributed by atoms with E-state index in [0.29, 0.717) is 0 Å². The lowest BCUT2D eigenvalue weighted by Gasteiger charge is -2.05. The lowest BCUT2D eigenvalue weighted by Crippen LogP contribution is -1.92. The first-order chi connectivity index (χ1) is 10.1. The molecule has 0 unspecified atom stereocenters. The summed E-state index contributed by atoms with van der Waals surface area (Å²) in [5, 5.41) is 1.21. The number of aromatic nitrogens is 1. The Morgan fingerprint density at radius 3 is 2.52 bits per heavy atom. The minimum atomic E-state index is 0.895. The van der Waals surface area contributed by atoms with E-state index in [2.05, 4.69) is 61.1 Å². The number of rotatable bonds is 2. The molecule has 0 amide bonds. The summed E-state index contributed by atoms with van der Waals surface area (Å²) in [6.45, 7) is 6.29. The van der Waals surface area contributed by atoms with Crippen molar-refractivity contribution in [2.75, 3.05) is 0 Å². The van der Waals surface area contributed by atoms with Gasteiger partial charge in [0.05, 0.1) is 23.1 Å². The van der Waals surface area contributed by atoms with Crippen molar-refractivity contribution in [3.8, 4) is 0 Å². The van der Waals surface area contributed by atoms with Crippen LogP contribution in [0.1, 0.15) is 22.4 Å². The highest BCUT2D eigenvalue weighted by Crippen LogP contribution is 2.20. The highest BCUT2D eigenvalue weighted by Gasteiger charge is 2.02. The Morgan fingerprint density at radius 1 is 0.905 bits per heavy atom. The van der Waals surface area contributed by atoms with Crippen LogP contribution in [-0.2, 0) is 0 Å². The third-order valence-electron chi connectivity index (χ3n) is 3.64. The summed E-state index contributed by atoms with van der Waals surface area (Å²) in [5.74, 6) is 0. The van der Waals surface area contributed by atoms with Crippen molar-refractivity contribution in [3.63, 3.8) is 0 Å². The Labute approximate surface area is 125 Å². The molecular formula is C19H18N2. The lowest BCUT2D eigenvalue weighted by molar-refractivity contribution is 1.32. The van der Waals surface area contributed by atoms with Crippen molar-refractivity contribution in [1.82, 2.24) is 4.98 Å². The SMILES string of the molecule is Cc1ccc2nc(C=Nc3ccccc3C)cc(C)c2c1. The fourth-order valence-corrected chi connectivity index (χ4v) is 2.44. The number of nitrogens with zero attached hydrogens (tertiary/aromatic N) is 2. The Kier molecular flexibility index (Phi) is 3.53. The number of aryl methyl sites for hydroxylation is 3. The van der Waals surface area contributed by atoms with Crippen molar-refractivity contribution in [3.05, 3.63) is 70.9 Å². The second kappa shape index (κ2) is 5.49. The van der Waals surface area contributed by atoms with Gasteiger partial charge in [0, 0.05) is 5.39 Å². The molecule has 0 saturated carbocycles. The van der Waals surface area contributed by atoms with Crippen LogP contribution in [-0.4, -0.2) is 11.2 Å². The van der Waals surface area contributed by atoms with Gasteiger partial charge in [-0.25, -0.2) is 4.98 Å². The molecule has 0 atom stereocenters. The highest BCUT2D eigenvalue weighted by atomic mass is 14.8. The molecule has 0 spiro atoms. The van der Waals surface area contributed by atoms with Gasteiger partial charge in [-0.3, -0.25) is 4.99 Å². The number of pyridine rings is 1. The van der Waals surface area contributed by atoms with E-state index in [1.54, 1.807) is 0 Å². The van der Waals surface area contributed by atoms with E-state index in [1.165, 1.54) is 22.1 Å². The third kappa shape index (κ3) is 2.84. The fraction of sp³-hybridized carbons (Fsp3) is 0.158. The van der Waals surface area contributed by atoms with Crippen molar-refractivity contribution in [1.29, 1.82) is 0 Å². The number of para-hydroxylation sites is 1. The molecule has 3 aromatic rings. The molecule has 1 heterocycles. The molecule has 0 N–H and O–H groups in total. The average Bonchev–Trinajstić information content (AvgIpc) is 2.47. The van der Waals surface area contributed by atoms with Crippen LogP contribution in [0.5, 0.6) is 0 Å². The quantitative estimate of drug-likeness (QED) is 0.609. The normalized spacial score (nSPS) is 11.4. The van der Waals surface area contributed by atoms with Crippen LogP contribution in [0.4, 0.5) is 5.69 Å². The number of hydrogen-bond donors (Lipinski definition) is 0. The van der Waals surface area contributed by atoms with Gasteiger partial charge in [0.15, 0.2) is 0 Å². The smallest absolute Gasteiger partial charge is 0.0822 e. The molecule has 3 rings (SSSR count). The van der Waals surface area contributed by atoms with Crippen LogP contribution in [0, 0.1) is 20.8 Å². The van der Waals surface area contributed by atoms with Crippen LogP contribution in [0.25, 0.3) is 10.9 Å². The zero-order valence-corrected chi connectivity index (χ0v) is 12.6. The van der Waals surface area contributed by atoms with Crippen molar-refractivity contribution in [2.24, 2.45) is 4.99 Å². The van der Waals surface area contributed by atoms with E-state index in [4.69, 9.17) is 0 Å². The molecule has 21 heavy (non-hydrogen) atoms. The third-order valence-corrected chi connectivity index (χ3v) is 3.64. The summed E-state index contributed by atoms with van der Waals surface area (Å²) in [5.41, 5.74) is 6.56. The Bertz CT molecular complexity index is 832. The molecular weight excluding hydrogens is 256 g/mol. The van der Waals surface area contributed by atoms with E-state index in [0.717, 1.165) is 16.9 Å². The van der Waals surface area contributed by atoms with Gasteiger partial charge in [-0.2, -0.15) is 0 Å². The predicted molar refractivity (Wildman–Crippen MR) is 89.7 cm³/mol. The monoisotopic (exact) mass is 274 g/mol. The summed E-state index contributed by atoms with van der Waals surface area (Å²) in [4.78, 5) is 9.23. The number of benzene rings is 2. The van der Waals surface area contributed by atoms with Gasteiger partial charge in [-0.1, -0.05) is 29.8 Å². The van der Waals surface area contributed by atoms with Crippen LogP contribution in [0.15, 0.2) is 53.5 Å². The van der Waals surface area contributed by atoms with E-state index in [9.17, 15) is 0 Å². The average molecular weight is 274 g/mol. The molecule has 2 nitrogen and oxygen atoms in total. The molecule has 104 valence electrons. The minimum Gasteiger partial charge on any atom is -0.254 e. The summed E-state index contributed by atoms with van der Waals surface area (Å²) in [6, 6.07) is 16.5. The second-order valence-corrected chi connectivity index (χ2v) is 5.43. The molecule has 0 bridgehead atoms. The molecule has 0 fully saturated rings. The van der Waals surface area contributed by atoms with Crippen molar-refractivity contribution < 1.29 is 0 Å². The molecule has 0 aliphatic heterocycles. The van der Waals surface area contributed by atoms with E-state index in [-0.39, 0.29) is 0 Å². The lowest BCUT2D eigenvalue weighted by atomic mass is 10.1. The van der Waals surface area contributed by atoms with Crippen molar-refractivity contribution >= 4 is 22.8 Å². The van der Waals surface area contributed by atoms with Gasteiger partial charge in [0.2, 0.25) is 0 Å². The molecule has 2 aromatic carbocycles. The highest BCUT2D eigenvalue weighted by molar-refractivity contribution is 5.88. The zero-order chi connectivity index (χ0) is 14.8. The molecule has 0 aliphatic carbocycles. The van der Waals surface area contributed by atoms with Gasteiger partial charge in [-0.15, -0.1) is 0 Å². The zero-order valence-electron chi connectivity index (χ0n) is 12.6. The summed E-state index contributed by atoms with van der Waals surface area (Å²) < 4.78 is 0. The maximum absolute atomic E-state index is 4.67. The van der Waals surface area contributed by atoms with E-state index in [1.807, 2.05) is 24.4 Å². The topological polar surface area (TPSA) is 25.2 Å². The largest absolute Gasteiger partial charge is 0.254 e. The van der Waals surface area contributed by atoms with Crippen molar-refractivity contribution in [2.45, 2.75) is 20.8 Å². The molecule has 0 aliphatic rings. The van der Waals surface area contributed by atoms with Crippen LogP contribution in [0.2, 0.25) is 0 Å². The van der Waals surface area contributed by atoms with Crippen LogP contribution >= 0.6 is 0 Å². The second-order valence-electron chi connectivity index (χ2n) is 5.43. The minimum absolute atomic E-state index is 0.895. The van der Waals surface area contributed by atoms with Gasteiger partial charge in [0.1, 0.15) is 0 Å². The number of hydrogen-bond acceptors (Lipinski definition) is 2. The van der Waals surface area contributed by atoms with E-state index >= 15 is 0 Å². The fourth-order valence-electron chi connectivity index (χ4n) is 2.44. The molecule has 2 heteroatoms. The van der Waals surface area contributed by atoms with Crippen LogP contribution < -0.4 is 0 Å². The maximum atomic E-state index is 4.67. The van der Waals surface area contributed by atoms with Gasteiger partial charge in [0.25, 0.3) is 0 Å². The van der Waals surface area contributed by atoms with Gasteiger partial charge >= 0.3 is 0 Å². The van der Waals surface area contributed by atoms with Crippen LogP contribution in [0.3, 0.4) is 0 Å². The molecule has 1 aromatic heterocycles. The summed E-state index contributed by atoms with van der Waals surface area (Å²) in [6.07, 6.45) is 1.84. The maximum Gasteiger partial charge on any atom is 0.0822 e. The molecule has 0 radical (unpaired) electrons. The predicted octanol–water partition coefficient (Wildman–Crippen LogP) is 4.91. The van der Waals surface area contributed by atoms with E-state index < -0.39 is 0 Å². The Balaban J connectivity index is 2.02. The standard InChI is InChI=1S/C19H18N2/c1-13-8-9-19-17(10-13)15(3)11-16(21-19)12-20-18-7-5-4-6-14(18)2/h4-12H,1-3H3. The first-order valence-electron chi connectivity index (χ1n) is 7.11. The first-order valence-corrected chi connectivity index (χ1v) is 7.11. The summed E-state index contributed by atoms with van der Waals surface area (Å²) in [7, 11) is 0. The summed E-state index contributed by atoms with van der Waals surface area (Å²) >= 11 is 0. The first kappa shape index (κ1) is 13.5.